The molecule has 0 saturated carbocycles. The van der Waals surface area contributed by atoms with Gasteiger partial charge in [0.15, 0.2) is 0 Å². The van der Waals surface area contributed by atoms with Crippen molar-refractivity contribution in [3.8, 4) is 0 Å². The molecule has 7 heteroatoms. The molecule has 0 amide bonds. The molecule has 0 fully saturated rings. The van der Waals surface area contributed by atoms with Crippen LogP contribution in [0, 0.1) is 0 Å². The Kier molecular flexibility index (Phi) is 19.7. The van der Waals surface area contributed by atoms with Crippen LogP contribution >= 0.6 is 0 Å². The fraction of sp³-hybridized carbons (Fsp3) is 0.857. The van der Waals surface area contributed by atoms with Gasteiger partial charge in [-0.25, -0.2) is 0 Å². The summed E-state index contributed by atoms with van der Waals surface area (Å²) >= 11 is 9.98. The minimum Gasteiger partial charge on any atom is -0.333 e. The van der Waals surface area contributed by atoms with Crippen LogP contribution in [0.25, 0.3) is 0 Å². The standard InChI is InChI=1S/C7H14OS2.C5H10OS2.CH5N.CH4/c1-5-6(8)7(2,3)10(4)9;1-5(2,4-6)8(3)7;1-2;/h5H2,1-4H3;4H,1-3H3;2H2,1H3;1H4. The Morgan fingerprint density at radius 2 is 1.43 bits per heavy atom. The van der Waals surface area contributed by atoms with E-state index in [4.69, 9.17) is 22.4 Å². The van der Waals surface area contributed by atoms with Crippen LogP contribution in [0.4, 0.5) is 0 Å². The van der Waals surface area contributed by atoms with Crippen molar-refractivity contribution >= 4 is 53.4 Å². The van der Waals surface area contributed by atoms with E-state index in [2.05, 4.69) is 5.73 Å². The second-order valence-corrected chi connectivity index (χ2v) is 11.8. The Labute approximate surface area is 146 Å². The summed E-state index contributed by atoms with van der Waals surface area (Å²) in [6.45, 7) is 9.45. The maximum absolute atomic E-state index is 11.2. The monoisotopic (exact) mass is 375 g/mol. The van der Waals surface area contributed by atoms with E-state index in [-0.39, 0.29) is 41.6 Å². The predicted molar refractivity (Wildman–Crippen MR) is 108 cm³/mol. The molecule has 0 aromatic carbocycles. The van der Waals surface area contributed by atoms with Crippen LogP contribution in [0.5, 0.6) is 0 Å². The van der Waals surface area contributed by atoms with Gasteiger partial charge in [-0.1, -0.05) is 36.7 Å². The third-order valence-electron chi connectivity index (χ3n) is 2.74. The van der Waals surface area contributed by atoms with Gasteiger partial charge in [0.05, 0.1) is 9.49 Å². The number of aldehydes is 1. The summed E-state index contributed by atoms with van der Waals surface area (Å²) in [4.78, 5) is 21.4. The molecule has 0 rings (SSSR count). The van der Waals surface area contributed by atoms with Gasteiger partial charge in [0, 0.05) is 6.42 Å². The van der Waals surface area contributed by atoms with E-state index in [0.717, 1.165) is 6.29 Å². The Bertz CT molecular complexity index is 353. The Hall–Kier alpha value is 0.440. The number of carbonyl (C=O) groups excluding carboxylic acids is 2. The summed E-state index contributed by atoms with van der Waals surface area (Å²) in [6, 6.07) is 0. The maximum atomic E-state index is 11.2. The highest BCUT2D eigenvalue weighted by Gasteiger charge is 2.26. The number of hydrogen-bond acceptors (Lipinski definition) is 5. The molecule has 0 aliphatic heterocycles. The molecular weight excluding hydrogens is 342 g/mol. The lowest BCUT2D eigenvalue weighted by Gasteiger charge is -2.21. The molecule has 0 bridgehead atoms. The number of ketones is 1. The predicted octanol–water partition coefficient (Wildman–Crippen LogP) is 2.34. The summed E-state index contributed by atoms with van der Waals surface area (Å²) in [5.74, 6) is 0.272. The number of rotatable bonds is 5. The lowest BCUT2D eigenvalue weighted by Crippen LogP contribution is -2.34. The minimum atomic E-state index is -0.296. The molecule has 0 aromatic rings. The summed E-state index contributed by atoms with van der Waals surface area (Å²) < 4.78 is -0.584. The average Bonchev–Trinajstić information content (AvgIpc) is 2.40. The smallest absolute Gasteiger partial charge is 0.148 e. The molecule has 2 atom stereocenters. The zero-order valence-corrected chi connectivity index (χ0v) is 17.1. The lowest BCUT2D eigenvalue weighted by atomic mass is 10.1. The molecule has 0 aromatic heterocycles. The normalized spacial score (nSPS) is 13.2. The first-order valence-corrected chi connectivity index (χ1v) is 11.3. The highest BCUT2D eigenvalue weighted by Crippen LogP contribution is 2.14. The highest BCUT2D eigenvalue weighted by molar-refractivity contribution is 8.29. The van der Waals surface area contributed by atoms with Crippen molar-refractivity contribution in [2.75, 3.05) is 19.6 Å². The largest absolute Gasteiger partial charge is 0.333 e. The SMILES string of the molecule is C.CCC(=O)C(C)(C)S(C)=S.CN.CS(=S)C(C)(C)C=O. The van der Waals surface area contributed by atoms with Gasteiger partial charge in [-0.15, -0.1) is 18.9 Å². The number of hydrogen-bond donors (Lipinski definition) is 1. The average molecular weight is 376 g/mol. The van der Waals surface area contributed by atoms with E-state index in [9.17, 15) is 9.59 Å². The molecule has 0 saturated heterocycles. The third kappa shape index (κ3) is 12.6. The van der Waals surface area contributed by atoms with E-state index < -0.39 is 0 Å². The fourth-order valence-corrected chi connectivity index (χ4v) is 1.65. The minimum absolute atomic E-state index is 0. The first-order valence-electron chi connectivity index (χ1n) is 6.17. The maximum Gasteiger partial charge on any atom is 0.148 e. The van der Waals surface area contributed by atoms with Crippen molar-refractivity contribution in [1.29, 1.82) is 0 Å². The van der Waals surface area contributed by atoms with Crippen molar-refractivity contribution in [3.63, 3.8) is 0 Å². The van der Waals surface area contributed by atoms with Gasteiger partial charge in [0.25, 0.3) is 0 Å². The molecule has 2 N–H and O–H groups in total. The number of nitrogens with two attached hydrogens (primary N) is 1. The van der Waals surface area contributed by atoms with E-state index in [1.807, 2.05) is 47.1 Å². The van der Waals surface area contributed by atoms with Gasteiger partial charge in [-0.05, 0) is 47.3 Å². The Balaban J connectivity index is -0.000000120. The van der Waals surface area contributed by atoms with Crippen molar-refractivity contribution < 1.29 is 9.59 Å². The van der Waals surface area contributed by atoms with Crippen LogP contribution in [0.2, 0.25) is 0 Å². The van der Waals surface area contributed by atoms with Crippen LogP contribution in [-0.2, 0) is 50.9 Å². The molecule has 2 unspecified atom stereocenters. The second-order valence-electron chi connectivity index (χ2n) is 4.92. The van der Waals surface area contributed by atoms with Crippen LogP contribution in [0.15, 0.2) is 0 Å². The van der Waals surface area contributed by atoms with Gasteiger partial charge >= 0.3 is 0 Å². The fourth-order valence-electron chi connectivity index (χ4n) is 0.654. The molecule has 3 nitrogen and oxygen atoms in total. The molecule has 0 heterocycles. The van der Waals surface area contributed by atoms with E-state index in [1.54, 1.807) is 0 Å². The van der Waals surface area contributed by atoms with Gasteiger partial charge in [-0.3, -0.25) is 4.79 Å². The molecule has 21 heavy (non-hydrogen) atoms. The van der Waals surface area contributed by atoms with Crippen LogP contribution in [-0.4, -0.2) is 41.1 Å². The lowest BCUT2D eigenvalue weighted by molar-refractivity contribution is -0.120. The number of carbonyl (C=O) groups is 2. The summed E-state index contributed by atoms with van der Waals surface area (Å²) in [5.41, 5.74) is 4.50. The van der Waals surface area contributed by atoms with Crippen molar-refractivity contribution in [1.82, 2.24) is 0 Å². The van der Waals surface area contributed by atoms with Gasteiger partial charge in [0.2, 0.25) is 0 Å². The summed E-state index contributed by atoms with van der Waals surface area (Å²) in [7, 11) is 1.07. The zero-order chi connectivity index (χ0) is 17.1. The van der Waals surface area contributed by atoms with Crippen molar-refractivity contribution in [3.05, 3.63) is 0 Å². The Morgan fingerprint density at radius 1 is 1.10 bits per heavy atom. The van der Waals surface area contributed by atoms with Crippen LogP contribution < -0.4 is 5.73 Å². The molecule has 0 spiro atoms. The van der Waals surface area contributed by atoms with Crippen molar-refractivity contribution in [2.45, 2.75) is 58.0 Å². The topological polar surface area (TPSA) is 60.2 Å². The third-order valence-corrected chi connectivity index (χ3v) is 8.52. The van der Waals surface area contributed by atoms with Gasteiger partial charge in [-0.2, -0.15) is 0 Å². The molecule has 0 aliphatic carbocycles. The van der Waals surface area contributed by atoms with Gasteiger partial charge in [0.1, 0.15) is 12.1 Å². The first-order chi connectivity index (χ1) is 8.93. The molecule has 130 valence electrons. The quantitative estimate of drug-likeness (QED) is 0.747. The van der Waals surface area contributed by atoms with Gasteiger partial charge < -0.3 is 10.5 Å². The van der Waals surface area contributed by atoms with E-state index >= 15 is 0 Å². The van der Waals surface area contributed by atoms with Crippen LogP contribution in [0.1, 0.15) is 48.5 Å². The zero-order valence-electron chi connectivity index (χ0n) is 13.8. The van der Waals surface area contributed by atoms with E-state index in [0.29, 0.717) is 6.42 Å². The molecular formula is C14H33NO2S4. The Morgan fingerprint density at radius 3 is 1.48 bits per heavy atom. The van der Waals surface area contributed by atoms with Crippen molar-refractivity contribution in [2.24, 2.45) is 5.73 Å². The second kappa shape index (κ2) is 14.1. The highest BCUT2D eigenvalue weighted by atomic mass is 32.8. The number of Topliss-reactive ketones (excluding diaryl/α,β-unsaturated/α-hetero) is 1. The molecule has 0 aliphatic rings. The summed E-state index contributed by atoms with van der Waals surface area (Å²) in [5, 5.41) is 0. The van der Waals surface area contributed by atoms with E-state index in [1.165, 1.54) is 7.05 Å². The van der Waals surface area contributed by atoms with Crippen LogP contribution in [0.3, 0.4) is 0 Å². The molecule has 0 radical (unpaired) electrons. The first kappa shape index (κ1) is 29.5. The summed E-state index contributed by atoms with van der Waals surface area (Å²) in [6.07, 6.45) is 5.34.